The molecule has 6 heteroatoms. The summed E-state index contributed by atoms with van der Waals surface area (Å²) in [5.74, 6) is 1.38. The Balaban J connectivity index is 1.16. The Hall–Kier alpha value is -3.64. The zero-order valence-electron chi connectivity index (χ0n) is 18.2. The summed E-state index contributed by atoms with van der Waals surface area (Å²) < 4.78 is 25.7. The highest BCUT2D eigenvalue weighted by molar-refractivity contribution is 5.91. The lowest BCUT2D eigenvalue weighted by atomic mass is 10.1. The topological polar surface area (TPSA) is 45.9 Å². The maximum atomic E-state index is 13.9. The predicted octanol–water partition coefficient (Wildman–Crippen LogP) is 5.11. The second-order valence-electron chi connectivity index (χ2n) is 8.19. The summed E-state index contributed by atoms with van der Waals surface area (Å²) in [6.07, 6.45) is 0. The van der Waals surface area contributed by atoms with Crippen molar-refractivity contribution in [3.05, 3.63) is 102 Å². The third kappa shape index (κ3) is 4.76. The van der Waals surface area contributed by atoms with Crippen LogP contribution in [0.25, 0.3) is 10.8 Å². The van der Waals surface area contributed by atoms with Gasteiger partial charge in [0.25, 0.3) is 5.91 Å². The van der Waals surface area contributed by atoms with Gasteiger partial charge < -0.3 is 14.1 Å². The number of piperazine rings is 1. The number of hydrogen-bond acceptors (Lipinski definition) is 4. The van der Waals surface area contributed by atoms with Gasteiger partial charge in [0, 0.05) is 43.7 Å². The Morgan fingerprint density at radius 2 is 1.64 bits per heavy atom. The number of amides is 1. The highest BCUT2D eigenvalue weighted by atomic mass is 19.1. The number of carbonyl (C=O) groups is 1. The Bertz CT molecular complexity index is 1260. The van der Waals surface area contributed by atoms with Gasteiger partial charge in [-0.1, -0.05) is 54.6 Å². The molecule has 0 aliphatic carbocycles. The summed E-state index contributed by atoms with van der Waals surface area (Å²) in [6, 6.07) is 24.3. The first kappa shape index (κ1) is 21.2. The normalized spacial score (nSPS) is 14.5. The van der Waals surface area contributed by atoms with E-state index in [2.05, 4.69) is 4.90 Å². The summed E-state index contributed by atoms with van der Waals surface area (Å²) in [7, 11) is 0. The lowest BCUT2D eigenvalue weighted by Crippen LogP contribution is -2.48. The van der Waals surface area contributed by atoms with E-state index in [1.807, 2.05) is 48.5 Å². The molecule has 168 valence electrons. The van der Waals surface area contributed by atoms with Crippen LogP contribution >= 0.6 is 0 Å². The number of halogens is 1. The predicted molar refractivity (Wildman–Crippen MR) is 125 cm³/mol. The van der Waals surface area contributed by atoms with E-state index in [-0.39, 0.29) is 18.3 Å². The van der Waals surface area contributed by atoms with Gasteiger partial charge in [-0.05, 0) is 29.7 Å². The molecule has 0 spiro atoms. The third-order valence-electron chi connectivity index (χ3n) is 6.00. The quantitative estimate of drug-likeness (QED) is 0.415. The molecule has 0 bridgehead atoms. The van der Waals surface area contributed by atoms with Gasteiger partial charge in [-0.3, -0.25) is 9.69 Å². The summed E-state index contributed by atoms with van der Waals surface area (Å²) in [5, 5.41) is 2.15. The number of rotatable bonds is 6. The maximum Gasteiger partial charge on any atom is 0.289 e. The minimum Gasteiger partial charge on any atom is -0.485 e. The van der Waals surface area contributed by atoms with Crippen molar-refractivity contribution in [2.24, 2.45) is 0 Å². The average molecular weight is 445 g/mol. The van der Waals surface area contributed by atoms with E-state index in [0.717, 1.165) is 16.5 Å². The van der Waals surface area contributed by atoms with Gasteiger partial charge >= 0.3 is 0 Å². The molecule has 3 aromatic carbocycles. The Morgan fingerprint density at radius 1 is 0.879 bits per heavy atom. The second kappa shape index (κ2) is 9.46. The Morgan fingerprint density at radius 3 is 2.48 bits per heavy atom. The standard InChI is InChI=1S/C27H25FN2O3/c28-24-10-4-2-7-21(24)18-29-14-16-30(17-15-29)27(31)26-13-12-22(33-26)19-32-25-11-5-8-20-6-1-3-9-23(20)25/h1-13H,14-19H2. The SMILES string of the molecule is O=C(c1ccc(COc2cccc3ccccc23)o1)N1CCN(Cc2ccccc2F)CC1. The van der Waals surface area contributed by atoms with Crippen molar-refractivity contribution < 1.29 is 18.3 Å². The minimum atomic E-state index is -0.190. The summed E-state index contributed by atoms with van der Waals surface area (Å²) >= 11 is 0. The molecule has 0 radical (unpaired) electrons. The van der Waals surface area contributed by atoms with Crippen LogP contribution in [0.15, 0.2) is 83.3 Å². The molecule has 5 nitrogen and oxygen atoms in total. The van der Waals surface area contributed by atoms with Gasteiger partial charge in [-0.25, -0.2) is 4.39 Å². The third-order valence-corrected chi connectivity index (χ3v) is 6.00. The van der Waals surface area contributed by atoms with Crippen LogP contribution in [0.1, 0.15) is 21.9 Å². The highest BCUT2D eigenvalue weighted by Gasteiger charge is 2.24. The number of hydrogen-bond donors (Lipinski definition) is 0. The summed E-state index contributed by atoms with van der Waals surface area (Å²) in [4.78, 5) is 16.8. The van der Waals surface area contributed by atoms with Gasteiger partial charge in [0.1, 0.15) is 23.9 Å². The van der Waals surface area contributed by atoms with Gasteiger partial charge in [0.05, 0.1) is 0 Å². The minimum absolute atomic E-state index is 0.128. The van der Waals surface area contributed by atoms with Gasteiger partial charge in [-0.15, -0.1) is 0 Å². The van der Waals surface area contributed by atoms with Crippen LogP contribution in [0.3, 0.4) is 0 Å². The van der Waals surface area contributed by atoms with Crippen molar-refractivity contribution in [1.29, 1.82) is 0 Å². The molecular weight excluding hydrogens is 419 g/mol. The highest BCUT2D eigenvalue weighted by Crippen LogP contribution is 2.26. The number of carbonyl (C=O) groups excluding carboxylic acids is 1. The van der Waals surface area contributed by atoms with E-state index in [9.17, 15) is 9.18 Å². The molecule has 1 aliphatic heterocycles. The number of nitrogens with zero attached hydrogens (tertiary/aromatic N) is 2. The van der Waals surface area contributed by atoms with Crippen molar-refractivity contribution in [3.63, 3.8) is 0 Å². The van der Waals surface area contributed by atoms with Crippen LogP contribution in [-0.2, 0) is 13.2 Å². The number of fused-ring (bicyclic) bond motifs is 1. The van der Waals surface area contributed by atoms with Crippen molar-refractivity contribution >= 4 is 16.7 Å². The van der Waals surface area contributed by atoms with Crippen LogP contribution < -0.4 is 4.74 Å². The average Bonchev–Trinajstić information content (AvgIpc) is 3.33. The smallest absolute Gasteiger partial charge is 0.289 e. The molecule has 0 saturated carbocycles. The fraction of sp³-hybridized carbons (Fsp3) is 0.222. The van der Waals surface area contributed by atoms with Crippen LogP contribution in [0.2, 0.25) is 0 Å². The second-order valence-corrected chi connectivity index (χ2v) is 8.19. The van der Waals surface area contributed by atoms with Crippen LogP contribution in [-0.4, -0.2) is 41.9 Å². The van der Waals surface area contributed by atoms with Gasteiger partial charge in [0.2, 0.25) is 0 Å². The summed E-state index contributed by atoms with van der Waals surface area (Å²) in [6.45, 7) is 3.34. The molecule has 1 aromatic heterocycles. The molecule has 5 rings (SSSR count). The lowest BCUT2D eigenvalue weighted by Gasteiger charge is -2.34. The van der Waals surface area contributed by atoms with Crippen LogP contribution in [0.4, 0.5) is 4.39 Å². The van der Waals surface area contributed by atoms with E-state index in [4.69, 9.17) is 9.15 Å². The summed E-state index contributed by atoms with van der Waals surface area (Å²) in [5.41, 5.74) is 0.680. The molecule has 1 aliphatic rings. The molecule has 1 saturated heterocycles. The molecule has 0 atom stereocenters. The van der Waals surface area contributed by atoms with E-state index in [1.54, 1.807) is 29.2 Å². The van der Waals surface area contributed by atoms with E-state index in [1.165, 1.54) is 6.07 Å². The van der Waals surface area contributed by atoms with Crippen molar-refractivity contribution in [2.45, 2.75) is 13.2 Å². The van der Waals surface area contributed by atoms with Crippen molar-refractivity contribution in [2.75, 3.05) is 26.2 Å². The maximum absolute atomic E-state index is 13.9. The molecule has 1 amide bonds. The monoisotopic (exact) mass is 444 g/mol. The fourth-order valence-corrected chi connectivity index (χ4v) is 4.17. The van der Waals surface area contributed by atoms with E-state index < -0.39 is 0 Å². The van der Waals surface area contributed by atoms with Gasteiger partial charge in [0.15, 0.2) is 5.76 Å². The Labute approximate surface area is 192 Å². The largest absolute Gasteiger partial charge is 0.485 e. The molecule has 1 fully saturated rings. The zero-order valence-corrected chi connectivity index (χ0v) is 18.2. The van der Waals surface area contributed by atoms with E-state index >= 15 is 0 Å². The van der Waals surface area contributed by atoms with Crippen LogP contribution in [0, 0.1) is 5.82 Å². The number of benzene rings is 3. The first-order valence-corrected chi connectivity index (χ1v) is 11.1. The number of ether oxygens (including phenoxy) is 1. The Kier molecular flexibility index (Phi) is 6.09. The van der Waals surface area contributed by atoms with Crippen LogP contribution in [0.5, 0.6) is 5.75 Å². The lowest BCUT2D eigenvalue weighted by molar-refractivity contribution is 0.0593. The fourth-order valence-electron chi connectivity index (χ4n) is 4.17. The van der Waals surface area contributed by atoms with Gasteiger partial charge in [-0.2, -0.15) is 0 Å². The molecule has 0 N–H and O–H groups in total. The zero-order chi connectivity index (χ0) is 22.6. The van der Waals surface area contributed by atoms with E-state index in [0.29, 0.717) is 49.8 Å². The first-order valence-electron chi connectivity index (χ1n) is 11.1. The molecule has 4 aromatic rings. The molecule has 0 unspecified atom stereocenters. The molecular formula is C27H25FN2O3. The first-order chi connectivity index (χ1) is 16.2. The molecule has 33 heavy (non-hydrogen) atoms. The van der Waals surface area contributed by atoms with Crippen molar-refractivity contribution in [1.82, 2.24) is 9.80 Å². The molecule has 2 heterocycles. The van der Waals surface area contributed by atoms with Crippen molar-refractivity contribution in [3.8, 4) is 5.75 Å². The number of furan rings is 1.